The summed E-state index contributed by atoms with van der Waals surface area (Å²) in [6, 6.07) is 2.32. The number of carbonyl (C=O) groups is 1. The van der Waals surface area contributed by atoms with Gasteiger partial charge < -0.3 is 9.42 Å². The summed E-state index contributed by atoms with van der Waals surface area (Å²) in [6.45, 7) is 7.34. The Morgan fingerprint density at radius 3 is 2.68 bits per heavy atom. The summed E-state index contributed by atoms with van der Waals surface area (Å²) in [6.07, 6.45) is 5.64. The molecule has 0 aliphatic carbocycles. The Labute approximate surface area is 130 Å². The standard InChI is InChI=1S/C16H22N4O2/c1-11(2)15-14(12(3)18-22-15)16(21)19-9-5-13(6-10-19)20-8-4-7-17-20/h4,7-8,11,13H,5-6,9-10H2,1-3H3. The van der Waals surface area contributed by atoms with Crippen LogP contribution in [-0.2, 0) is 0 Å². The minimum absolute atomic E-state index is 0.0429. The van der Waals surface area contributed by atoms with E-state index in [2.05, 4.69) is 10.3 Å². The molecule has 1 fully saturated rings. The monoisotopic (exact) mass is 302 g/mol. The van der Waals surface area contributed by atoms with Crippen LogP contribution in [0.3, 0.4) is 0 Å². The first kappa shape index (κ1) is 14.8. The Hall–Kier alpha value is -2.11. The molecule has 118 valence electrons. The van der Waals surface area contributed by atoms with Crippen molar-refractivity contribution in [2.24, 2.45) is 0 Å². The molecule has 0 N–H and O–H groups in total. The van der Waals surface area contributed by atoms with Crippen molar-refractivity contribution in [3.8, 4) is 0 Å². The van der Waals surface area contributed by atoms with Crippen molar-refractivity contribution in [3.63, 3.8) is 0 Å². The number of rotatable bonds is 3. The first-order valence-corrected chi connectivity index (χ1v) is 7.82. The molecule has 3 rings (SSSR count). The molecule has 1 saturated heterocycles. The second kappa shape index (κ2) is 5.94. The van der Waals surface area contributed by atoms with Gasteiger partial charge in [-0.25, -0.2) is 0 Å². The zero-order valence-corrected chi connectivity index (χ0v) is 13.3. The molecule has 0 saturated carbocycles. The predicted octanol–water partition coefficient (Wildman–Crippen LogP) is 2.78. The molecule has 0 unspecified atom stereocenters. The fraction of sp³-hybridized carbons (Fsp3) is 0.562. The van der Waals surface area contributed by atoms with Crippen LogP contribution in [0.15, 0.2) is 23.0 Å². The molecule has 1 aliphatic heterocycles. The number of aromatic nitrogens is 3. The average molecular weight is 302 g/mol. The van der Waals surface area contributed by atoms with Gasteiger partial charge in [0.2, 0.25) is 0 Å². The van der Waals surface area contributed by atoms with E-state index in [1.165, 1.54) is 0 Å². The van der Waals surface area contributed by atoms with Crippen LogP contribution in [0.5, 0.6) is 0 Å². The first-order valence-electron chi connectivity index (χ1n) is 7.82. The van der Waals surface area contributed by atoms with Crippen molar-refractivity contribution in [2.45, 2.75) is 45.6 Å². The Bertz CT molecular complexity index is 637. The fourth-order valence-electron chi connectivity index (χ4n) is 3.03. The van der Waals surface area contributed by atoms with Gasteiger partial charge in [0, 0.05) is 31.4 Å². The number of piperidine rings is 1. The molecule has 6 nitrogen and oxygen atoms in total. The third-order valence-corrected chi connectivity index (χ3v) is 4.28. The smallest absolute Gasteiger partial charge is 0.259 e. The van der Waals surface area contributed by atoms with Crippen molar-refractivity contribution < 1.29 is 9.32 Å². The molecule has 2 aromatic rings. The van der Waals surface area contributed by atoms with Crippen LogP contribution >= 0.6 is 0 Å². The summed E-state index contributed by atoms with van der Waals surface area (Å²) in [5.74, 6) is 0.889. The largest absolute Gasteiger partial charge is 0.360 e. The maximum atomic E-state index is 12.8. The SMILES string of the molecule is Cc1noc(C(C)C)c1C(=O)N1CCC(n2cccn2)CC1. The zero-order chi connectivity index (χ0) is 15.7. The molecule has 6 heteroatoms. The van der Waals surface area contributed by atoms with E-state index in [1.54, 1.807) is 6.20 Å². The highest BCUT2D eigenvalue weighted by Gasteiger charge is 2.30. The number of likely N-dealkylation sites (tertiary alicyclic amines) is 1. The topological polar surface area (TPSA) is 64.2 Å². The number of carbonyl (C=O) groups excluding carboxylic acids is 1. The number of hydrogen-bond acceptors (Lipinski definition) is 4. The third-order valence-electron chi connectivity index (χ3n) is 4.28. The molecule has 1 aliphatic rings. The van der Waals surface area contributed by atoms with E-state index in [0.29, 0.717) is 23.1 Å². The highest BCUT2D eigenvalue weighted by Crippen LogP contribution is 2.27. The summed E-state index contributed by atoms with van der Waals surface area (Å²) >= 11 is 0. The van der Waals surface area contributed by atoms with Crippen molar-refractivity contribution in [3.05, 3.63) is 35.5 Å². The van der Waals surface area contributed by atoms with Crippen molar-refractivity contribution in [1.82, 2.24) is 19.8 Å². The van der Waals surface area contributed by atoms with E-state index in [4.69, 9.17) is 4.52 Å². The Morgan fingerprint density at radius 1 is 1.36 bits per heavy atom. The van der Waals surface area contributed by atoms with Gasteiger partial charge in [-0.15, -0.1) is 0 Å². The third kappa shape index (κ3) is 2.65. The molecular formula is C16H22N4O2. The van der Waals surface area contributed by atoms with Crippen LogP contribution in [0.1, 0.15) is 60.5 Å². The zero-order valence-electron chi connectivity index (χ0n) is 13.3. The number of hydrogen-bond donors (Lipinski definition) is 0. The van der Waals surface area contributed by atoms with E-state index in [1.807, 2.05) is 42.6 Å². The Balaban J connectivity index is 1.71. The predicted molar refractivity (Wildman–Crippen MR) is 81.7 cm³/mol. The molecule has 0 aromatic carbocycles. The number of nitrogens with zero attached hydrogens (tertiary/aromatic N) is 4. The van der Waals surface area contributed by atoms with Crippen LogP contribution < -0.4 is 0 Å². The van der Waals surface area contributed by atoms with E-state index in [0.717, 1.165) is 25.9 Å². The first-order chi connectivity index (χ1) is 10.6. The molecule has 0 atom stereocenters. The van der Waals surface area contributed by atoms with Gasteiger partial charge in [-0.2, -0.15) is 5.10 Å². The van der Waals surface area contributed by atoms with Gasteiger partial charge in [0.15, 0.2) is 5.76 Å². The van der Waals surface area contributed by atoms with Gasteiger partial charge in [-0.05, 0) is 25.8 Å². The van der Waals surface area contributed by atoms with Gasteiger partial charge in [0.1, 0.15) is 5.56 Å². The van der Waals surface area contributed by atoms with Gasteiger partial charge in [-0.3, -0.25) is 9.48 Å². The summed E-state index contributed by atoms with van der Waals surface area (Å²) in [5, 5.41) is 8.27. The lowest BCUT2D eigenvalue weighted by molar-refractivity contribution is 0.0686. The molecule has 0 radical (unpaired) electrons. The number of aryl methyl sites for hydroxylation is 1. The average Bonchev–Trinajstić information content (AvgIpc) is 3.16. The van der Waals surface area contributed by atoms with Crippen LogP contribution in [0.4, 0.5) is 0 Å². The number of amides is 1. The minimum atomic E-state index is 0.0429. The van der Waals surface area contributed by atoms with Crippen LogP contribution in [0, 0.1) is 6.92 Å². The highest BCUT2D eigenvalue weighted by atomic mass is 16.5. The van der Waals surface area contributed by atoms with E-state index >= 15 is 0 Å². The summed E-state index contributed by atoms with van der Waals surface area (Å²) < 4.78 is 7.33. The Kier molecular flexibility index (Phi) is 4.00. The fourth-order valence-corrected chi connectivity index (χ4v) is 3.03. The molecule has 0 bridgehead atoms. The lowest BCUT2D eigenvalue weighted by Gasteiger charge is -2.32. The maximum absolute atomic E-state index is 12.8. The summed E-state index contributed by atoms with van der Waals surface area (Å²) in [5.41, 5.74) is 1.33. The van der Waals surface area contributed by atoms with E-state index < -0.39 is 0 Å². The summed E-state index contributed by atoms with van der Waals surface area (Å²) in [4.78, 5) is 14.7. The molecule has 3 heterocycles. The van der Waals surface area contributed by atoms with Crippen LogP contribution in [0.25, 0.3) is 0 Å². The normalized spacial score (nSPS) is 16.5. The molecule has 1 amide bonds. The van der Waals surface area contributed by atoms with Gasteiger partial charge >= 0.3 is 0 Å². The van der Waals surface area contributed by atoms with Gasteiger partial charge in [-0.1, -0.05) is 19.0 Å². The molecule has 0 spiro atoms. The van der Waals surface area contributed by atoms with Crippen molar-refractivity contribution in [1.29, 1.82) is 0 Å². The van der Waals surface area contributed by atoms with Crippen LogP contribution in [-0.4, -0.2) is 38.8 Å². The van der Waals surface area contributed by atoms with Crippen LogP contribution in [0.2, 0.25) is 0 Å². The maximum Gasteiger partial charge on any atom is 0.259 e. The summed E-state index contributed by atoms with van der Waals surface area (Å²) in [7, 11) is 0. The Morgan fingerprint density at radius 2 is 2.09 bits per heavy atom. The van der Waals surface area contributed by atoms with E-state index in [-0.39, 0.29) is 11.8 Å². The quantitative estimate of drug-likeness (QED) is 0.874. The second-order valence-corrected chi connectivity index (χ2v) is 6.17. The highest BCUT2D eigenvalue weighted by molar-refractivity contribution is 5.96. The van der Waals surface area contributed by atoms with Crippen molar-refractivity contribution >= 4 is 5.91 Å². The van der Waals surface area contributed by atoms with E-state index in [9.17, 15) is 4.79 Å². The lowest BCUT2D eigenvalue weighted by atomic mass is 10.0. The van der Waals surface area contributed by atoms with Gasteiger partial charge in [0.25, 0.3) is 5.91 Å². The molecular weight excluding hydrogens is 280 g/mol. The van der Waals surface area contributed by atoms with Crippen molar-refractivity contribution in [2.75, 3.05) is 13.1 Å². The van der Waals surface area contributed by atoms with Gasteiger partial charge in [0.05, 0.1) is 11.7 Å². The molecule has 22 heavy (non-hydrogen) atoms. The second-order valence-electron chi connectivity index (χ2n) is 6.17. The lowest BCUT2D eigenvalue weighted by Crippen LogP contribution is -2.39. The minimum Gasteiger partial charge on any atom is -0.360 e. The molecule has 2 aromatic heterocycles.